The number of nitrogens with zero attached hydrogens (tertiary/aromatic N) is 2. The lowest BCUT2D eigenvalue weighted by atomic mass is 10.0. The number of hydrazine groups is 1. The van der Waals surface area contributed by atoms with Gasteiger partial charge in [-0.05, 0) is 18.1 Å². The van der Waals surface area contributed by atoms with Gasteiger partial charge in [0.25, 0.3) is 0 Å². The number of para-hydroxylation sites is 1. The van der Waals surface area contributed by atoms with E-state index in [1.54, 1.807) is 0 Å². The van der Waals surface area contributed by atoms with Gasteiger partial charge in [0, 0.05) is 32.3 Å². The SMILES string of the molecule is Cn1ccnc1CCC(NN)C1Cc2ccccc2O1. The summed E-state index contributed by atoms with van der Waals surface area (Å²) < 4.78 is 8.03. The first-order valence-corrected chi connectivity index (χ1v) is 6.95. The molecule has 0 aliphatic carbocycles. The Morgan fingerprint density at radius 2 is 2.35 bits per heavy atom. The molecule has 20 heavy (non-hydrogen) atoms. The van der Waals surface area contributed by atoms with Crippen LogP contribution in [0.1, 0.15) is 17.8 Å². The second kappa shape index (κ2) is 5.64. The number of rotatable bonds is 5. The maximum atomic E-state index is 5.99. The Kier molecular flexibility index (Phi) is 3.71. The average Bonchev–Trinajstić information content (AvgIpc) is 3.06. The molecule has 0 amide bonds. The summed E-state index contributed by atoms with van der Waals surface area (Å²) in [6.45, 7) is 0. The fraction of sp³-hybridized carbons (Fsp3) is 0.400. The molecule has 2 atom stereocenters. The molecular formula is C15H20N4O. The molecule has 2 unspecified atom stereocenters. The number of aromatic nitrogens is 2. The Balaban J connectivity index is 1.62. The van der Waals surface area contributed by atoms with Gasteiger partial charge in [-0.3, -0.25) is 11.3 Å². The summed E-state index contributed by atoms with van der Waals surface area (Å²) in [5.74, 6) is 7.76. The second-order valence-corrected chi connectivity index (χ2v) is 5.23. The number of nitrogens with one attached hydrogen (secondary N) is 1. The summed E-state index contributed by atoms with van der Waals surface area (Å²) >= 11 is 0. The van der Waals surface area contributed by atoms with Gasteiger partial charge in [0.2, 0.25) is 0 Å². The average molecular weight is 272 g/mol. The van der Waals surface area contributed by atoms with E-state index in [0.29, 0.717) is 0 Å². The molecule has 1 aromatic carbocycles. The van der Waals surface area contributed by atoms with Crippen LogP contribution < -0.4 is 16.0 Å². The number of imidazole rings is 1. The Hall–Kier alpha value is -1.85. The van der Waals surface area contributed by atoms with E-state index < -0.39 is 0 Å². The highest BCUT2D eigenvalue weighted by atomic mass is 16.5. The molecule has 3 rings (SSSR count). The molecule has 0 spiro atoms. The topological polar surface area (TPSA) is 65.1 Å². The molecule has 2 heterocycles. The van der Waals surface area contributed by atoms with Gasteiger partial charge in [-0.2, -0.15) is 0 Å². The molecule has 0 fully saturated rings. The van der Waals surface area contributed by atoms with Crippen molar-refractivity contribution in [2.75, 3.05) is 0 Å². The largest absolute Gasteiger partial charge is 0.488 e. The van der Waals surface area contributed by atoms with Crippen molar-refractivity contribution in [3.63, 3.8) is 0 Å². The predicted octanol–water partition coefficient (Wildman–Crippen LogP) is 1.19. The number of hydrogen-bond acceptors (Lipinski definition) is 4. The highest BCUT2D eigenvalue weighted by molar-refractivity contribution is 5.37. The lowest BCUT2D eigenvalue weighted by Crippen LogP contribution is -2.46. The van der Waals surface area contributed by atoms with E-state index in [9.17, 15) is 0 Å². The Morgan fingerprint density at radius 3 is 3.05 bits per heavy atom. The fourth-order valence-corrected chi connectivity index (χ4v) is 2.73. The molecule has 3 N–H and O–H groups in total. The zero-order chi connectivity index (χ0) is 13.9. The first-order chi connectivity index (χ1) is 9.78. The van der Waals surface area contributed by atoms with Crippen LogP contribution in [0.2, 0.25) is 0 Å². The molecule has 5 nitrogen and oxygen atoms in total. The van der Waals surface area contributed by atoms with Crippen LogP contribution in [0.3, 0.4) is 0 Å². The van der Waals surface area contributed by atoms with Gasteiger partial charge < -0.3 is 9.30 Å². The van der Waals surface area contributed by atoms with Gasteiger partial charge in [0.15, 0.2) is 0 Å². The van der Waals surface area contributed by atoms with E-state index in [-0.39, 0.29) is 12.1 Å². The van der Waals surface area contributed by atoms with E-state index in [1.807, 2.05) is 42.2 Å². The number of nitrogens with two attached hydrogens (primary N) is 1. The van der Waals surface area contributed by atoms with E-state index in [0.717, 1.165) is 30.8 Å². The van der Waals surface area contributed by atoms with Gasteiger partial charge in [0.05, 0.1) is 6.04 Å². The van der Waals surface area contributed by atoms with Crippen molar-refractivity contribution >= 4 is 0 Å². The highest BCUT2D eigenvalue weighted by Crippen LogP contribution is 2.30. The van der Waals surface area contributed by atoms with Crippen LogP contribution >= 0.6 is 0 Å². The smallest absolute Gasteiger partial charge is 0.123 e. The summed E-state index contributed by atoms with van der Waals surface area (Å²) in [7, 11) is 2.01. The van der Waals surface area contributed by atoms with E-state index in [1.165, 1.54) is 5.56 Å². The maximum Gasteiger partial charge on any atom is 0.123 e. The summed E-state index contributed by atoms with van der Waals surface area (Å²) in [5, 5.41) is 0. The summed E-state index contributed by atoms with van der Waals surface area (Å²) in [6, 6.07) is 8.30. The van der Waals surface area contributed by atoms with Crippen molar-refractivity contribution in [1.82, 2.24) is 15.0 Å². The normalized spacial score (nSPS) is 18.6. The van der Waals surface area contributed by atoms with Crippen LogP contribution in [-0.2, 0) is 19.9 Å². The van der Waals surface area contributed by atoms with Gasteiger partial charge >= 0.3 is 0 Å². The molecule has 1 aliphatic heterocycles. The van der Waals surface area contributed by atoms with E-state index in [4.69, 9.17) is 10.6 Å². The molecule has 2 aromatic rings. The standard InChI is InChI=1S/C15H20N4O/c1-19-9-8-17-15(19)7-6-12(18-16)14-10-11-4-2-3-5-13(11)20-14/h2-5,8-9,12,14,18H,6-7,10,16H2,1H3. The number of hydrogen-bond donors (Lipinski definition) is 2. The molecule has 0 saturated heterocycles. The van der Waals surface area contributed by atoms with Crippen molar-refractivity contribution in [2.45, 2.75) is 31.4 Å². The third-order valence-corrected chi connectivity index (χ3v) is 3.93. The quantitative estimate of drug-likeness (QED) is 0.634. The van der Waals surface area contributed by atoms with Crippen molar-refractivity contribution in [1.29, 1.82) is 0 Å². The van der Waals surface area contributed by atoms with Crippen LogP contribution in [0.5, 0.6) is 5.75 Å². The van der Waals surface area contributed by atoms with Crippen molar-refractivity contribution in [2.24, 2.45) is 12.9 Å². The van der Waals surface area contributed by atoms with Crippen molar-refractivity contribution in [3.05, 3.63) is 48.0 Å². The van der Waals surface area contributed by atoms with Crippen LogP contribution in [0.15, 0.2) is 36.7 Å². The van der Waals surface area contributed by atoms with Crippen LogP contribution in [0.4, 0.5) is 0 Å². The first-order valence-electron chi connectivity index (χ1n) is 6.95. The number of ether oxygens (including phenoxy) is 1. The van der Waals surface area contributed by atoms with Crippen LogP contribution in [-0.4, -0.2) is 21.7 Å². The molecule has 0 saturated carbocycles. The van der Waals surface area contributed by atoms with Gasteiger partial charge in [-0.1, -0.05) is 18.2 Å². The van der Waals surface area contributed by atoms with Crippen molar-refractivity contribution < 1.29 is 4.74 Å². The Morgan fingerprint density at radius 1 is 1.50 bits per heavy atom. The minimum atomic E-state index is 0.0951. The summed E-state index contributed by atoms with van der Waals surface area (Å²) in [5.41, 5.74) is 4.16. The zero-order valence-electron chi connectivity index (χ0n) is 11.6. The molecule has 1 aliphatic rings. The molecular weight excluding hydrogens is 252 g/mol. The molecule has 0 bridgehead atoms. The second-order valence-electron chi connectivity index (χ2n) is 5.23. The number of benzene rings is 1. The lowest BCUT2D eigenvalue weighted by Gasteiger charge is -2.22. The van der Waals surface area contributed by atoms with E-state index in [2.05, 4.69) is 16.5 Å². The fourth-order valence-electron chi connectivity index (χ4n) is 2.73. The number of fused-ring (bicyclic) bond motifs is 1. The molecule has 0 radical (unpaired) electrons. The first kappa shape index (κ1) is 13.1. The maximum absolute atomic E-state index is 5.99. The summed E-state index contributed by atoms with van der Waals surface area (Å²) in [4.78, 5) is 4.34. The minimum absolute atomic E-state index is 0.0951. The minimum Gasteiger partial charge on any atom is -0.488 e. The van der Waals surface area contributed by atoms with Crippen LogP contribution in [0, 0.1) is 0 Å². The Labute approximate surface area is 118 Å². The van der Waals surface area contributed by atoms with E-state index >= 15 is 0 Å². The van der Waals surface area contributed by atoms with Gasteiger partial charge in [-0.15, -0.1) is 0 Å². The third-order valence-electron chi connectivity index (χ3n) is 3.93. The predicted molar refractivity (Wildman–Crippen MR) is 77.2 cm³/mol. The van der Waals surface area contributed by atoms with Gasteiger partial charge in [-0.25, -0.2) is 4.98 Å². The lowest BCUT2D eigenvalue weighted by molar-refractivity contribution is 0.172. The van der Waals surface area contributed by atoms with Crippen molar-refractivity contribution in [3.8, 4) is 5.75 Å². The molecule has 1 aromatic heterocycles. The van der Waals surface area contributed by atoms with Gasteiger partial charge in [0.1, 0.15) is 17.7 Å². The zero-order valence-corrected chi connectivity index (χ0v) is 11.6. The third kappa shape index (κ3) is 2.55. The molecule has 106 valence electrons. The summed E-state index contributed by atoms with van der Waals surface area (Å²) in [6.07, 6.45) is 6.57. The Bertz CT molecular complexity index is 556. The molecule has 5 heteroatoms. The number of aryl methyl sites for hydroxylation is 2. The monoisotopic (exact) mass is 272 g/mol. The highest BCUT2D eigenvalue weighted by Gasteiger charge is 2.29. The van der Waals surface area contributed by atoms with Crippen LogP contribution in [0.25, 0.3) is 0 Å².